The number of thiazole rings is 1. The highest BCUT2D eigenvalue weighted by Gasteiger charge is 2.49. The number of benzene rings is 1. The lowest BCUT2D eigenvalue weighted by Gasteiger charge is -2.38. The Hall–Kier alpha value is -4.38. The Bertz CT molecular complexity index is 1600. The van der Waals surface area contributed by atoms with Crippen LogP contribution < -0.4 is 10.2 Å². The Morgan fingerprint density at radius 2 is 1.77 bits per heavy atom. The van der Waals surface area contributed by atoms with Crippen LogP contribution in [-0.2, 0) is 4.74 Å². The predicted octanol–water partition coefficient (Wildman–Crippen LogP) is 5.54. The number of rotatable bonds is 6. The number of carbonyl (C=O) groups is 1. The molecule has 1 unspecified atom stereocenters. The first kappa shape index (κ1) is 23.7. The minimum absolute atomic E-state index is 0.165. The normalized spacial score (nSPS) is 21.8. The zero-order chi connectivity index (χ0) is 26.2. The van der Waals surface area contributed by atoms with Gasteiger partial charge < -0.3 is 10.1 Å². The number of nitrogens with one attached hydrogen (secondary N) is 1. The minimum Gasteiger partial charge on any atom is -0.441 e. The number of carbonyl (C=O) groups excluding carboxylic acids is 1. The van der Waals surface area contributed by atoms with Crippen molar-refractivity contribution < 1.29 is 9.53 Å². The van der Waals surface area contributed by atoms with E-state index in [4.69, 9.17) is 9.72 Å². The summed E-state index contributed by atoms with van der Waals surface area (Å²) in [5.74, 6) is 0.855. The van der Waals surface area contributed by atoms with Crippen molar-refractivity contribution in [2.24, 2.45) is 5.92 Å². The minimum atomic E-state index is -0.507. The molecule has 1 spiro atoms. The van der Waals surface area contributed by atoms with E-state index in [-0.39, 0.29) is 18.2 Å². The molecule has 5 heterocycles. The summed E-state index contributed by atoms with van der Waals surface area (Å²) in [5.41, 5.74) is 2.98. The standard InChI is InChI=1S/C28H26N8O2S/c37-27-35(24-10-4-6-16-30-24)18-28(38-27)13-11-19(12-14-28)25(36-23-9-2-1-8-21(23)33-34-36)32-26-31-22(17-39-26)20-7-3-5-15-29-20/h1-10,15-17,19,25H,11-14,18H2,(H,31,32). The molecule has 0 radical (unpaired) electrons. The van der Waals surface area contributed by atoms with Gasteiger partial charge in [0.25, 0.3) is 0 Å². The van der Waals surface area contributed by atoms with Crippen molar-refractivity contribution in [2.45, 2.75) is 37.5 Å². The average molecular weight is 539 g/mol. The highest BCUT2D eigenvalue weighted by Crippen LogP contribution is 2.44. The molecule has 2 aliphatic rings. The van der Waals surface area contributed by atoms with Crippen LogP contribution in [0.4, 0.5) is 15.7 Å². The molecule has 39 heavy (non-hydrogen) atoms. The largest absolute Gasteiger partial charge is 0.441 e. The Morgan fingerprint density at radius 3 is 2.56 bits per heavy atom. The van der Waals surface area contributed by atoms with Crippen LogP contribution >= 0.6 is 11.3 Å². The number of para-hydroxylation sites is 1. The SMILES string of the molecule is O=C1OC2(CCC(C(Nc3nc(-c4ccccn4)cs3)n3nnc4ccccc43)CC2)CN1c1ccccn1. The van der Waals surface area contributed by atoms with E-state index in [1.54, 1.807) is 28.6 Å². The van der Waals surface area contributed by atoms with Gasteiger partial charge in [-0.3, -0.25) is 9.88 Å². The molecule has 7 rings (SSSR count). The van der Waals surface area contributed by atoms with Crippen molar-refractivity contribution in [1.82, 2.24) is 29.9 Å². The molecule has 11 heteroatoms. The van der Waals surface area contributed by atoms with E-state index in [0.29, 0.717) is 12.4 Å². The number of anilines is 2. The van der Waals surface area contributed by atoms with Gasteiger partial charge in [0.15, 0.2) is 5.13 Å². The molecule has 1 saturated heterocycles. The van der Waals surface area contributed by atoms with Gasteiger partial charge in [-0.2, -0.15) is 0 Å². The van der Waals surface area contributed by atoms with Crippen LogP contribution in [0.15, 0.2) is 78.4 Å². The first-order valence-corrected chi connectivity index (χ1v) is 13.9. The monoisotopic (exact) mass is 538 g/mol. The summed E-state index contributed by atoms with van der Waals surface area (Å²) < 4.78 is 7.96. The summed E-state index contributed by atoms with van der Waals surface area (Å²) in [6.07, 6.45) is 6.20. The summed E-state index contributed by atoms with van der Waals surface area (Å²) in [6.45, 7) is 0.514. The van der Waals surface area contributed by atoms with E-state index in [2.05, 4.69) is 25.6 Å². The Kier molecular flexibility index (Phi) is 5.92. The number of amides is 1. The number of hydrogen-bond donors (Lipinski definition) is 1. The summed E-state index contributed by atoms with van der Waals surface area (Å²) in [5, 5.41) is 15.5. The molecule has 1 aliphatic heterocycles. The summed E-state index contributed by atoms with van der Waals surface area (Å²) in [6, 6.07) is 19.4. The van der Waals surface area contributed by atoms with Gasteiger partial charge >= 0.3 is 6.09 Å². The van der Waals surface area contributed by atoms with Gasteiger partial charge in [0, 0.05) is 17.8 Å². The van der Waals surface area contributed by atoms with Gasteiger partial charge in [0.05, 0.1) is 17.8 Å². The van der Waals surface area contributed by atoms with Crippen molar-refractivity contribution in [1.29, 1.82) is 0 Å². The lowest BCUT2D eigenvalue weighted by molar-refractivity contribution is 0.00716. The molecule has 1 amide bonds. The lowest BCUT2D eigenvalue weighted by atomic mass is 9.77. The van der Waals surface area contributed by atoms with E-state index < -0.39 is 5.60 Å². The fraction of sp³-hybridized carbons (Fsp3) is 0.286. The number of nitrogens with zero attached hydrogens (tertiary/aromatic N) is 7. The van der Waals surface area contributed by atoms with Crippen LogP contribution in [0.25, 0.3) is 22.4 Å². The fourth-order valence-corrected chi connectivity index (χ4v) is 6.36. The Morgan fingerprint density at radius 1 is 0.974 bits per heavy atom. The summed E-state index contributed by atoms with van der Waals surface area (Å²) in [7, 11) is 0. The molecule has 196 valence electrons. The summed E-state index contributed by atoms with van der Waals surface area (Å²) >= 11 is 1.55. The Balaban J connectivity index is 1.14. The van der Waals surface area contributed by atoms with Crippen LogP contribution in [0.2, 0.25) is 0 Å². The lowest BCUT2D eigenvalue weighted by Crippen LogP contribution is -2.41. The molecule has 5 aromatic rings. The fourth-order valence-electron chi connectivity index (χ4n) is 5.62. The van der Waals surface area contributed by atoms with Gasteiger partial charge in [-0.15, -0.1) is 16.4 Å². The summed E-state index contributed by atoms with van der Waals surface area (Å²) in [4.78, 5) is 28.0. The average Bonchev–Trinajstić information content (AvgIpc) is 3.71. The van der Waals surface area contributed by atoms with Crippen molar-refractivity contribution in [3.05, 3.63) is 78.4 Å². The third kappa shape index (κ3) is 4.48. The van der Waals surface area contributed by atoms with Crippen LogP contribution in [0.3, 0.4) is 0 Å². The van der Waals surface area contributed by atoms with Crippen LogP contribution in [-0.4, -0.2) is 48.2 Å². The zero-order valence-corrected chi connectivity index (χ0v) is 21.9. The van der Waals surface area contributed by atoms with E-state index in [9.17, 15) is 4.79 Å². The molecule has 1 aliphatic carbocycles. The second-order valence-electron chi connectivity index (χ2n) is 10.0. The zero-order valence-electron chi connectivity index (χ0n) is 21.1. The molecule has 0 bridgehead atoms. The van der Waals surface area contributed by atoms with Crippen LogP contribution in [0, 0.1) is 5.92 Å². The molecule has 1 saturated carbocycles. The molecule has 4 aromatic heterocycles. The van der Waals surface area contributed by atoms with Crippen molar-refractivity contribution in [2.75, 3.05) is 16.8 Å². The van der Waals surface area contributed by atoms with E-state index >= 15 is 0 Å². The highest BCUT2D eigenvalue weighted by atomic mass is 32.1. The maximum Gasteiger partial charge on any atom is 0.416 e. The smallest absolute Gasteiger partial charge is 0.416 e. The number of pyridine rings is 2. The molecular formula is C28H26N8O2S. The van der Waals surface area contributed by atoms with E-state index in [0.717, 1.165) is 53.2 Å². The van der Waals surface area contributed by atoms with Crippen molar-refractivity contribution in [3.63, 3.8) is 0 Å². The second kappa shape index (κ2) is 9.73. The van der Waals surface area contributed by atoms with Crippen molar-refractivity contribution in [3.8, 4) is 11.4 Å². The van der Waals surface area contributed by atoms with Crippen molar-refractivity contribution >= 4 is 39.4 Å². The van der Waals surface area contributed by atoms with Gasteiger partial charge in [-0.1, -0.05) is 29.5 Å². The maximum absolute atomic E-state index is 12.8. The van der Waals surface area contributed by atoms with Gasteiger partial charge in [-0.05, 0) is 68.0 Å². The second-order valence-corrected chi connectivity index (χ2v) is 10.9. The Labute approximate surface area is 228 Å². The molecule has 1 aromatic carbocycles. The van der Waals surface area contributed by atoms with Gasteiger partial charge in [0.2, 0.25) is 0 Å². The third-order valence-corrected chi connectivity index (χ3v) is 8.40. The number of fused-ring (bicyclic) bond motifs is 1. The van der Waals surface area contributed by atoms with Gasteiger partial charge in [0.1, 0.15) is 28.8 Å². The van der Waals surface area contributed by atoms with Gasteiger partial charge in [-0.25, -0.2) is 19.4 Å². The number of hydrogen-bond acceptors (Lipinski definition) is 9. The molecule has 1 N–H and O–H groups in total. The highest BCUT2D eigenvalue weighted by molar-refractivity contribution is 7.14. The van der Waals surface area contributed by atoms with Crippen LogP contribution in [0.1, 0.15) is 31.8 Å². The first-order valence-electron chi connectivity index (χ1n) is 13.0. The van der Waals surface area contributed by atoms with Crippen LogP contribution in [0.5, 0.6) is 0 Å². The predicted molar refractivity (Wildman–Crippen MR) is 148 cm³/mol. The number of aromatic nitrogens is 6. The third-order valence-electron chi connectivity index (χ3n) is 7.63. The molecule has 1 atom stereocenters. The number of ether oxygens (including phenoxy) is 1. The molecular weight excluding hydrogens is 512 g/mol. The molecule has 2 fully saturated rings. The maximum atomic E-state index is 12.8. The van der Waals surface area contributed by atoms with E-state index in [1.165, 1.54) is 0 Å². The van der Waals surface area contributed by atoms with E-state index in [1.807, 2.05) is 70.7 Å². The molecule has 10 nitrogen and oxygen atoms in total. The first-order chi connectivity index (χ1) is 19.2. The quantitative estimate of drug-likeness (QED) is 0.300. The topological polar surface area (TPSA) is 111 Å².